The molecule has 2 atom stereocenters. The van der Waals surface area contributed by atoms with Crippen LogP contribution in [-0.2, 0) is 27.8 Å². The number of aromatic nitrogens is 1. The van der Waals surface area contributed by atoms with E-state index in [1.807, 2.05) is 66.9 Å². The molecule has 3 aromatic carbocycles. The van der Waals surface area contributed by atoms with E-state index < -0.39 is 40.4 Å². The Morgan fingerprint density at radius 1 is 0.898 bits per heavy atom. The summed E-state index contributed by atoms with van der Waals surface area (Å²) in [5.41, 5.74) is 4.23. The van der Waals surface area contributed by atoms with E-state index in [9.17, 15) is 32.9 Å². The molecule has 0 saturated carbocycles. The van der Waals surface area contributed by atoms with Gasteiger partial charge in [-0.2, -0.15) is 4.31 Å². The molecule has 4 aromatic rings. The average molecular weight is 699 g/mol. The number of carbonyl (C=O) groups excluding carboxylic acids is 1. The third-order valence-electron chi connectivity index (χ3n) is 9.16. The van der Waals surface area contributed by atoms with Crippen LogP contribution in [0.15, 0.2) is 89.8 Å². The van der Waals surface area contributed by atoms with Crippen LogP contribution in [-0.4, -0.2) is 58.8 Å². The summed E-state index contributed by atoms with van der Waals surface area (Å²) in [5.74, 6) is -1.73. The van der Waals surface area contributed by atoms with Crippen molar-refractivity contribution in [2.45, 2.75) is 81.9 Å². The van der Waals surface area contributed by atoms with Crippen molar-refractivity contribution in [3.63, 3.8) is 0 Å². The molecule has 0 unspecified atom stereocenters. The van der Waals surface area contributed by atoms with Gasteiger partial charge in [0.2, 0.25) is 10.0 Å². The molecule has 0 radical (unpaired) electrons. The largest absolute Gasteiger partial charge is 1.00 e. The first-order chi connectivity index (χ1) is 23.0. The summed E-state index contributed by atoms with van der Waals surface area (Å²) in [7, 11) is -4.04. The Labute approximate surface area is 310 Å². The molecule has 11 heteroatoms. The van der Waals surface area contributed by atoms with Crippen LogP contribution in [0, 0.1) is 11.7 Å². The number of carboxylic acids is 1. The number of aliphatic hydroxyl groups is 2. The number of carboxylic acid groups (broad SMARTS) is 1. The normalized spacial score (nSPS) is 15.6. The number of hydrogen-bond donors (Lipinski definition) is 2. The van der Waals surface area contributed by atoms with Crippen molar-refractivity contribution >= 4 is 16.0 Å². The van der Waals surface area contributed by atoms with Crippen molar-refractivity contribution in [1.29, 1.82) is 0 Å². The van der Waals surface area contributed by atoms with Crippen molar-refractivity contribution in [3.8, 4) is 22.4 Å². The zero-order valence-corrected chi connectivity index (χ0v) is 31.3. The van der Waals surface area contributed by atoms with Gasteiger partial charge in [-0.1, -0.05) is 74.5 Å². The predicted octanol–water partition coefficient (Wildman–Crippen LogP) is 2.37. The fourth-order valence-corrected chi connectivity index (χ4v) is 8.91. The molecule has 2 N–H and O–H groups in total. The van der Waals surface area contributed by atoms with Crippen LogP contribution >= 0.6 is 0 Å². The molecule has 0 aliphatic carbocycles. The number of carbonyl (C=O) groups is 1. The molecule has 256 valence electrons. The molecular weight excluding hydrogens is 654 g/mol. The maximum Gasteiger partial charge on any atom is 1.00 e. The fraction of sp³-hybridized carbons (Fsp3) is 0.395. The number of hydrogen-bond acceptors (Lipinski definition) is 6. The number of nitrogens with zero attached hydrogens (tertiary/aromatic N) is 2. The molecule has 5 rings (SSSR count). The van der Waals surface area contributed by atoms with E-state index in [0.29, 0.717) is 47.1 Å². The van der Waals surface area contributed by atoms with Gasteiger partial charge in [-0.15, -0.1) is 0 Å². The van der Waals surface area contributed by atoms with Crippen LogP contribution in [0.3, 0.4) is 0 Å². The van der Waals surface area contributed by atoms with Gasteiger partial charge in [0.05, 0.1) is 17.9 Å². The van der Waals surface area contributed by atoms with Gasteiger partial charge in [0.25, 0.3) is 0 Å². The molecule has 1 aliphatic heterocycles. The standard InChI is InChI=1S/C38H45FN2O6S.Na/c1-26(2)36-38(48(46,47)40-20-17-28(18-21-40)23-27-9-5-3-6-10-27)35(29-11-7-4-8-12-29)37(30-13-15-31(39)16-14-30)41(36)22-19-32(42)24-33(43)25-34(44)45;/h3-16,26,28,32-33,42-43H,17-25H2,1-2H3,(H,44,45);/q;+1/p-1/t32-,33-;/m1./s1. The minimum absolute atomic E-state index is 0. The van der Waals surface area contributed by atoms with Crippen molar-refractivity contribution < 1.29 is 62.5 Å². The third kappa shape index (κ3) is 9.49. The Hall–Kier alpha value is -2.83. The van der Waals surface area contributed by atoms with Crippen LogP contribution in [0.5, 0.6) is 0 Å². The Bertz CT molecular complexity index is 1770. The fourth-order valence-electron chi connectivity index (χ4n) is 6.88. The van der Waals surface area contributed by atoms with E-state index in [1.165, 1.54) is 17.7 Å². The van der Waals surface area contributed by atoms with Gasteiger partial charge in [0.15, 0.2) is 0 Å². The maximum atomic E-state index is 14.9. The minimum atomic E-state index is -4.04. The summed E-state index contributed by atoms with van der Waals surface area (Å²) in [6, 6.07) is 25.5. The molecule has 8 nitrogen and oxygen atoms in total. The topological polar surface area (TPSA) is 123 Å². The van der Waals surface area contributed by atoms with E-state index in [0.717, 1.165) is 19.3 Å². The number of sulfonamides is 1. The van der Waals surface area contributed by atoms with E-state index in [-0.39, 0.29) is 59.8 Å². The first-order valence-electron chi connectivity index (χ1n) is 16.6. The minimum Gasteiger partial charge on any atom is -0.550 e. The molecule has 0 bridgehead atoms. The zero-order valence-electron chi connectivity index (χ0n) is 28.5. The monoisotopic (exact) mass is 698 g/mol. The average Bonchev–Trinajstić information content (AvgIpc) is 3.41. The summed E-state index contributed by atoms with van der Waals surface area (Å²) >= 11 is 0. The zero-order chi connectivity index (χ0) is 34.4. The Morgan fingerprint density at radius 2 is 1.49 bits per heavy atom. The van der Waals surface area contributed by atoms with Crippen LogP contribution in [0.25, 0.3) is 22.4 Å². The van der Waals surface area contributed by atoms with Crippen molar-refractivity contribution in [2.24, 2.45) is 5.92 Å². The number of halogens is 1. The van der Waals surface area contributed by atoms with E-state index in [4.69, 9.17) is 0 Å². The second-order valence-electron chi connectivity index (χ2n) is 13.1. The summed E-state index contributed by atoms with van der Waals surface area (Å²) < 4.78 is 47.5. The number of piperidine rings is 1. The van der Waals surface area contributed by atoms with Gasteiger partial charge < -0.3 is 24.7 Å². The number of benzene rings is 3. The SMILES string of the molecule is CC(C)c1c(S(=O)(=O)N2CCC(Cc3ccccc3)CC2)c(-c2ccccc2)c(-c2ccc(F)cc2)n1CC[C@@H](O)C[C@@H](O)CC(=O)[O-].[Na+]. The molecule has 1 fully saturated rings. The van der Waals surface area contributed by atoms with E-state index in [1.54, 1.807) is 16.4 Å². The van der Waals surface area contributed by atoms with Gasteiger partial charge in [-0.3, -0.25) is 0 Å². The second-order valence-corrected chi connectivity index (χ2v) is 14.9. The van der Waals surface area contributed by atoms with Crippen molar-refractivity contribution in [1.82, 2.24) is 8.87 Å². The van der Waals surface area contributed by atoms with Gasteiger partial charge in [-0.05, 0) is 84.9 Å². The summed E-state index contributed by atoms with van der Waals surface area (Å²) in [6.45, 7) is 4.81. The molecular formula is C38H44FN2NaO6S. The number of rotatable bonds is 14. The Morgan fingerprint density at radius 3 is 2.06 bits per heavy atom. The molecule has 0 amide bonds. The molecule has 0 spiro atoms. The Balaban J connectivity index is 0.00000541. The summed E-state index contributed by atoms with van der Waals surface area (Å²) in [5, 5.41) is 31.9. The summed E-state index contributed by atoms with van der Waals surface area (Å²) in [6.07, 6.45) is -0.635. The van der Waals surface area contributed by atoms with E-state index in [2.05, 4.69) is 12.1 Å². The van der Waals surface area contributed by atoms with Gasteiger partial charge >= 0.3 is 29.6 Å². The Kier molecular flexibility index (Phi) is 13.8. The second kappa shape index (κ2) is 17.4. The van der Waals surface area contributed by atoms with Gasteiger partial charge in [0, 0.05) is 43.3 Å². The quantitative estimate of drug-likeness (QED) is 0.195. The molecule has 1 aliphatic rings. The van der Waals surface area contributed by atoms with Crippen LogP contribution in [0.4, 0.5) is 4.39 Å². The maximum absolute atomic E-state index is 14.9. The van der Waals surface area contributed by atoms with Gasteiger partial charge in [-0.25, -0.2) is 12.8 Å². The molecule has 49 heavy (non-hydrogen) atoms. The smallest absolute Gasteiger partial charge is 0.550 e. The van der Waals surface area contributed by atoms with Gasteiger partial charge in [0.1, 0.15) is 10.7 Å². The summed E-state index contributed by atoms with van der Waals surface area (Å²) in [4.78, 5) is 11.2. The third-order valence-corrected chi connectivity index (χ3v) is 11.1. The van der Waals surface area contributed by atoms with Crippen LogP contribution in [0.1, 0.15) is 63.1 Å². The van der Waals surface area contributed by atoms with E-state index >= 15 is 0 Å². The van der Waals surface area contributed by atoms with Crippen molar-refractivity contribution in [3.05, 3.63) is 102 Å². The van der Waals surface area contributed by atoms with Crippen LogP contribution in [0.2, 0.25) is 0 Å². The first-order valence-corrected chi connectivity index (χ1v) is 18.1. The van der Waals surface area contributed by atoms with Crippen LogP contribution < -0.4 is 34.7 Å². The number of aliphatic hydroxyl groups excluding tert-OH is 2. The van der Waals surface area contributed by atoms with Crippen molar-refractivity contribution in [2.75, 3.05) is 13.1 Å². The molecule has 1 saturated heterocycles. The first kappa shape index (κ1) is 39.0. The predicted molar refractivity (Wildman–Crippen MR) is 182 cm³/mol. The molecule has 1 aromatic heterocycles. The molecule has 2 heterocycles. The number of aliphatic carboxylic acids is 1.